The SMILES string of the molecule is OCC1(Cc2cc(Cl)nnc2Cl)CC1. The summed E-state index contributed by atoms with van der Waals surface area (Å²) in [6.45, 7) is 0.198. The van der Waals surface area contributed by atoms with E-state index in [4.69, 9.17) is 28.3 Å². The van der Waals surface area contributed by atoms with Crippen LogP contribution in [-0.2, 0) is 6.42 Å². The molecular formula is C9H10Cl2N2O. The van der Waals surface area contributed by atoms with Crippen LogP contribution in [0.1, 0.15) is 18.4 Å². The normalized spacial score (nSPS) is 18.2. The maximum Gasteiger partial charge on any atom is 0.155 e. The molecule has 0 radical (unpaired) electrons. The molecule has 1 aliphatic carbocycles. The van der Waals surface area contributed by atoms with E-state index in [0.717, 1.165) is 24.8 Å². The minimum atomic E-state index is 0.0238. The van der Waals surface area contributed by atoms with Crippen LogP contribution in [-0.4, -0.2) is 21.9 Å². The van der Waals surface area contributed by atoms with Gasteiger partial charge in [0.2, 0.25) is 0 Å². The summed E-state index contributed by atoms with van der Waals surface area (Å²) in [5.74, 6) is 0. The summed E-state index contributed by atoms with van der Waals surface area (Å²) >= 11 is 11.6. The molecule has 0 bridgehead atoms. The van der Waals surface area contributed by atoms with E-state index in [1.165, 1.54) is 0 Å². The molecule has 5 heteroatoms. The van der Waals surface area contributed by atoms with Crippen molar-refractivity contribution in [3.63, 3.8) is 0 Å². The Hall–Kier alpha value is -0.380. The molecule has 1 saturated carbocycles. The highest BCUT2D eigenvalue weighted by molar-refractivity contribution is 6.31. The van der Waals surface area contributed by atoms with Crippen molar-refractivity contribution in [2.45, 2.75) is 19.3 Å². The van der Waals surface area contributed by atoms with Gasteiger partial charge in [0.05, 0.1) is 0 Å². The van der Waals surface area contributed by atoms with Gasteiger partial charge in [-0.25, -0.2) is 0 Å². The Bertz CT molecular complexity index is 353. The molecule has 3 nitrogen and oxygen atoms in total. The van der Waals surface area contributed by atoms with Gasteiger partial charge in [0.1, 0.15) is 0 Å². The topological polar surface area (TPSA) is 46.0 Å². The smallest absolute Gasteiger partial charge is 0.155 e. The molecule has 0 aromatic carbocycles. The summed E-state index contributed by atoms with van der Waals surface area (Å²) < 4.78 is 0. The molecule has 0 spiro atoms. The molecule has 14 heavy (non-hydrogen) atoms. The number of hydrogen-bond acceptors (Lipinski definition) is 3. The van der Waals surface area contributed by atoms with Gasteiger partial charge in [-0.15, -0.1) is 10.2 Å². The molecule has 2 rings (SSSR count). The molecule has 1 aliphatic rings. The number of rotatable bonds is 3. The number of aromatic nitrogens is 2. The zero-order valence-electron chi connectivity index (χ0n) is 7.50. The maximum atomic E-state index is 9.17. The van der Waals surface area contributed by atoms with Crippen molar-refractivity contribution in [1.29, 1.82) is 0 Å². The molecule has 1 N–H and O–H groups in total. The first kappa shape index (κ1) is 10.1. The highest BCUT2D eigenvalue weighted by Gasteiger charge is 2.42. The largest absolute Gasteiger partial charge is 0.396 e. The fourth-order valence-electron chi connectivity index (χ4n) is 1.48. The average Bonchev–Trinajstić information content (AvgIpc) is 2.92. The predicted molar refractivity (Wildman–Crippen MR) is 54.5 cm³/mol. The van der Waals surface area contributed by atoms with Crippen LogP contribution in [0.25, 0.3) is 0 Å². The first-order chi connectivity index (χ1) is 6.65. The van der Waals surface area contributed by atoms with Crippen LogP contribution in [0.3, 0.4) is 0 Å². The second-order valence-electron chi connectivity index (χ2n) is 3.82. The van der Waals surface area contributed by atoms with Crippen LogP contribution >= 0.6 is 23.2 Å². The molecule has 1 fully saturated rings. The third-order valence-corrected chi connectivity index (χ3v) is 3.15. The van der Waals surface area contributed by atoms with Crippen LogP contribution in [0.4, 0.5) is 0 Å². The van der Waals surface area contributed by atoms with Gasteiger partial charge in [0, 0.05) is 6.61 Å². The van der Waals surface area contributed by atoms with Gasteiger partial charge in [-0.3, -0.25) is 0 Å². The lowest BCUT2D eigenvalue weighted by Crippen LogP contribution is -2.11. The lowest BCUT2D eigenvalue weighted by Gasteiger charge is -2.11. The molecule has 0 aliphatic heterocycles. The molecule has 0 atom stereocenters. The Balaban J connectivity index is 2.20. The van der Waals surface area contributed by atoms with E-state index in [1.54, 1.807) is 6.07 Å². The Kier molecular flexibility index (Phi) is 2.64. The van der Waals surface area contributed by atoms with E-state index in [2.05, 4.69) is 10.2 Å². The summed E-state index contributed by atoms with van der Waals surface area (Å²) in [6, 6.07) is 1.71. The molecule has 0 saturated heterocycles. The van der Waals surface area contributed by atoms with Crippen molar-refractivity contribution in [2.75, 3.05) is 6.61 Å². The van der Waals surface area contributed by atoms with Gasteiger partial charge >= 0.3 is 0 Å². The summed E-state index contributed by atoms with van der Waals surface area (Å²) in [5, 5.41) is 17.3. The molecule has 1 aromatic rings. The Morgan fingerprint density at radius 2 is 2.07 bits per heavy atom. The Morgan fingerprint density at radius 3 is 2.64 bits per heavy atom. The number of halogens is 2. The lowest BCUT2D eigenvalue weighted by atomic mass is 9.99. The average molecular weight is 233 g/mol. The van der Waals surface area contributed by atoms with Crippen molar-refractivity contribution < 1.29 is 5.11 Å². The quantitative estimate of drug-likeness (QED) is 0.869. The molecule has 1 heterocycles. The number of aliphatic hydroxyl groups excluding tert-OH is 1. The Morgan fingerprint density at radius 1 is 1.36 bits per heavy atom. The monoisotopic (exact) mass is 232 g/mol. The molecular weight excluding hydrogens is 223 g/mol. The van der Waals surface area contributed by atoms with E-state index < -0.39 is 0 Å². The van der Waals surface area contributed by atoms with Crippen LogP contribution in [0.5, 0.6) is 0 Å². The van der Waals surface area contributed by atoms with E-state index >= 15 is 0 Å². The standard InChI is InChI=1S/C9H10Cl2N2O/c10-7-3-6(8(11)13-12-7)4-9(5-14)1-2-9/h3,14H,1-2,4-5H2. The Labute approximate surface area is 92.1 Å². The van der Waals surface area contributed by atoms with Gasteiger partial charge in [-0.2, -0.15) is 0 Å². The number of hydrogen-bond donors (Lipinski definition) is 1. The van der Waals surface area contributed by atoms with Crippen molar-refractivity contribution in [3.8, 4) is 0 Å². The van der Waals surface area contributed by atoms with Gasteiger partial charge in [-0.05, 0) is 36.3 Å². The predicted octanol–water partition coefficient (Wildman–Crippen LogP) is 2.10. The first-order valence-electron chi connectivity index (χ1n) is 4.44. The van der Waals surface area contributed by atoms with Crippen molar-refractivity contribution in [3.05, 3.63) is 21.9 Å². The second kappa shape index (κ2) is 3.65. The summed E-state index contributed by atoms with van der Waals surface area (Å²) in [7, 11) is 0. The molecule has 0 amide bonds. The van der Waals surface area contributed by atoms with Gasteiger partial charge < -0.3 is 5.11 Å². The van der Waals surface area contributed by atoms with Crippen LogP contribution in [0, 0.1) is 5.41 Å². The van der Waals surface area contributed by atoms with E-state index in [1.807, 2.05) is 0 Å². The van der Waals surface area contributed by atoms with Crippen LogP contribution in [0.15, 0.2) is 6.07 Å². The van der Waals surface area contributed by atoms with Crippen molar-refractivity contribution in [1.82, 2.24) is 10.2 Å². The van der Waals surface area contributed by atoms with E-state index in [0.29, 0.717) is 10.3 Å². The van der Waals surface area contributed by atoms with Crippen molar-refractivity contribution in [2.24, 2.45) is 5.41 Å². The van der Waals surface area contributed by atoms with Gasteiger partial charge in [0.15, 0.2) is 10.3 Å². The van der Waals surface area contributed by atoms with Crippen LogP contribution in [0.2, 0.25) is 10.3 Å². The third kappa shape index (κ3) is 2.00. The highest BCUT2D eigenvalue weighted by Crippen LogP contribution is 2.48. The maximum absolute atomic E-state index is 9.17. The van der Waals surface area contributed by atoms with Crippen molar-refractivity contribution >= 4 is 23.2 Å². The summed E-state index contributed by atoms with van der Waals surface area (Å²) in [6.07, 6.45) is 2.82. The summed E-state index contributed by atoms with van der Waals surface area (Å²) in [4.78, 5) is 0. The fourth-order valence-corrected chi connectivity index (χ4v) is 1.81. The molecule has 0 unspecified atom stereocenters. The van der Waals surface area contributed by atoms with Gasteiger partial charge in [0.25, 0.3) is 0 Å². The lowest BCUT2D eigenvalue weighted by molar-refractivity contribution is 0.211. The van der Waals surface area contributed by atoms with Gasteiger partial charge in [-0.1, -0.05) is 23.2 Å². The second-order valence-corrected chi connectivity index (χ2v) is 4.56. The minimum absolute atomic E-state index is 0.0238. The number of aliphatic hydroxyl groups is 1. The molecule has 76 valence electrons. The van der Waals surface area contributed by atoms with E-state index in [-0.39, 0.29) is 12.0 Å². The summed E-state index contributed by atoms with van der Waals surface area (Å²) in [5.41, 5.74) is 0.897. The van der Waals surface area contributed by atoms with Crippen LogP contribution < -0.4 is 0 Å². The zero-order chi connectivity index (χ0) is 10.2. The van der Waals surface area contributed by atoms with E-state index in [9.17, 15) is 0 Å². The molecule has 1 aromatic heterocycles. The minimum Gasteiger partial charge on any atom is -0.396 e. The zero-order valence-corrected chi connectivity index (χ0v) is 9.02. The third-order valence-electron chi connectivity index (χ3n) is 2.65. The number of nitrogens with zero attached hydrogens (tertiary/aromatic N) is 2. The highest BCUT2D eigenvalue weighted by atomic mass is 35.5. The fraction of sp³-hybridized carbons (Fsp3) is 0.556. The first-order valence-corrected chi connectivity index (χ1v) is 5.19.